The van der Waals surface area contributed by atoms with E-state index in [2.05, 4.69) is 11.0 Å². The molecule has 2 fully saturated rings. The molecule has 84 valence electrons. The standard InChI is InChI=1S/C11H18N2O2/c1-10-8-11(9-12,2-5-15-10)13-3-6-14-7-4-13/h10H,2-8H2,1H3. The average molecular weight is 210 g/mol. The minimum Gasteiger partial charge on any atom is -0.379 e. The van der Waals surface area contributed by atoms with E-state index in [0.717, 1.165) is 39.1 Å². The maximum absolute atomic E-state index is 9.42. The van der Waals surface area contributed by atoms with Crippen molar-refractivity contribution in [3.63, 3.8) is 0 Å². The van der Waals surface area contributed by atoms with E-state index in [9.17, 15) is 5.26 Å². The summed E-state index contributed by atoms with van der Waals surface area (Å²) in [6.07, 6.45) is 1.85. The lowest BCUT2D eigenvalue weighted by Crippen LogP contribution is -2.56. The van der Waals surface area contributed by atoms with Crippen molar-refractivity contribution in [2.75, 3.05) is 32.9 Å². The number of morpholine rings is 1. The summed E-state index contributed by atoms with van der Waals surface area (Å²) in [6.45, 7) is 6.00. The van der Waals surface area contributed by atoms with Gasteiger partial charge in [0.15, 0.2) is 0 Å². The van der Waals surface area contributed by atoms with Gasteiger partial charge in [0.25, 0.3) is 0 Å². The molecule has 2 aliphatic heterocycles. The van der Waals surface area contributed by atoms with Gasteiger partial charge in [-0.1, -0.05) is 0 Å². The predicted molar refractivity (Wildman–Crippen MR) is 55.4 cm³/mol. The van der Waals surface area contributed by atoms with Crippen LogP contribution in [0.25, 0.3) is 0 Å². The smallest absolute Gasteiger partial charge is 0.114 e. The van der Waals surface area contributed by atoms with Crippen LogP contribution in [0.3, 0.4) is 0 Å². The van der Waals surface area contributed by atoms with Crippen LogP contribution in [0.15, 0.2) is 0 Å². The fraction of sp³-hybridized carbons (Fsp3) is 0.909. The summed E-state index contributed by atoms with van der Waals surface area (Å²) in [5.74, 6) is 0. The number of nitrogens with zero attached hydrogens (tertiary/aromatic N) is 2. The molecule has 15 heavy (non-hydrogen) atoms. The van der Waals surface area contributed by atoms with Crippen LogP contribution in [0.4, 0.5) is 0 Å². The van der Waals surface area contributed by atoms with Gasteiger partial charge in [0.05, 0.1) is 25.4 Å². The molecule has 2 atom stereocenters. The van der Waals surface area contributed by atoms with Crippen molar-refractivity contribution in [1.82, 2.24) is 4.90 Å². The Hall–Kier alpha value is -0.630. The summed E-state index contributed by atoms with van der Waals surface area (Å²) < 4.78 is 10.8. The van der Waals surface area contributed by atoms with Crippen LogP contribution in [0.1, 0.15) is 19.8 Å². The zero-order valence-corrected chi connectivity index (χ0v) is 9.24. The fourth-order valence-electron chi connectivity index (χ4n) is 2.52. The SMILES string of the molecule is CC1CC(C#N)(N2CCOCC2)CCO1. The van der Waals surface area contributed by atoms with Crippen molar-refractivity contribution >= 4 is 0 Å². The van der Waals surface area contributed by atoms with Gasteiger partial charge in [0.1, 0.15) is 5.54 Å². The van der Waals surface area contributed by atoms with Crippen molar-refractivity contribution in [1.29, 1.82) is 5.26 Å². The Labute approximate surface area is 90.8 Å². The molecule has 0 N–H and O–H groups in total. The van der Waals surface area contributed by atoms with Gasteiger partial charge in [-0.25, -0.2) is 0 Å². The Balaban J connectivity index is 2.09. The van der Waals surface area contributed by atoms with Crippen molar-refractivity contribution in [2.45, 2.75) is 31.4 Å². The lowest BCUT2D eigenvalue weighted by molar-refractivity contribution is -0.0727. The number of nitriles is 1. The third kappa shape index (κ3) is 2.15. The molecule has 2 heterocycles. The molecule has 0 bridgehead atoms. The summed E-state index contributed by atoms with van der Waals surface area (Å²) in [7, 11) is 0. The normalized spacial score (nSPS) is 38.5. The van der Waals surface area contributed by atoms with Crippen LogP contribution >= 0.6 is 0 Å². The predicted octanol–water partition coefficient (Wildman–Crippen LogP) is 0.780. The maximum atomic E-state index is 9.42. The van der Waals surface area contributed by atoms with E-state index in [0.29, 0.717) is 6.61 Å². The largest absolute Gasteiger partial charge is 0.379 e. The molecule has 0 aromatic carbocycles. The summed E-state index contributed by atoms with van der Waals surface area (Å²) in [6, 6.07) is 2.51. The molecule has 2 rings (SSSR count). The number of hydrogen-bond acceptors (Lipinski definition) is 4. The zero-order valence-electron chi connectivity index (χ0n) is 9.24. The first-order valence-corrected chi connectivity index (χ1v) is 5.62. The Bertz CT molecular complexity index is 258. The number of rotatable bonds is 1. The molecule has 0 spiro atoms. The lowest BCUT2D eigenvalue weighted by atomic mass is 9.86. The highest BCUT2D eigenvalue weighted by Gasteiger charge is 2.41. The minimum atomic E-state index is -0.304. The van der Waals surface area contributed by atoms with E-state index in [4.69, 9.17) is 9.47 Å². The summed E-state index contributed by atoms with van der Waals surface area (Å²) >= 11 is 0. The van der Waals surface area contributed by atoms with Gasteiger partial charge < -0.3 is 9.47 Å². The summed E-state index contributed by atoms with van der Waals surface area (Å²) in [5.41, 5.74) is -0.304. The molecule has 2 unspecified atom stereocenters. The Kier molecular flexibility index (Phi) is 3.25. The second-order valence-electron chi connectivity index (χ2n) is 4.38. The van der Waals surface area contributed by atoms with Crippen molar-refractivity contribution in [3.8, 4) is 6.07 Å². The van der Waals surface area contributed by atoms with E-state index in [-0.39, 0.29) is 11.6 Å². The Morgan fingerprint density at radius 1 is 1.33 bits per heavy atom. The van der Waals surface area contributed by atoms with E-state index in [1.54, 1.807) is 0 Å². The molecule has 2 aliphatic rings. The van der Waals surface area contributed by atoms with Crippen LogP contribution in [0.5, 0.6) is 0 Å². The molecule has 4 nitrogen and oxygen atoms in total. The van der Waals surface area contributed by atoms with Crippen molar-refractivity contribution in [2.24, 2.45) is 0 Å². The highest BCUT2D eigenvalue weighted by molar-refractivity contribution is 5.11. The molecule has 0 aliphatic carbocycles. The highest BCUT2D eigenvalue weighted by atomic mass is 16.5. The maximum Gasteiger partial charge on any atom is 0.114 e. The van der Waals surface area contributed by atoms with Crippen LogP contribution in [0.2, 0.25) is 0 Å². The molecule has 2 saturated heterocycles. The second-order valence-corrected chi connectivity index (χ2v) is 4.38. The van der Waals surface area contributed by atoms with Gasteiger partial charge in [0, 0.05) is 32.5 Å². The van der Waals surface area contributed by atoms with Gasteiger partial charge in [-0.15, -0.1) is 0 Å². The number of hydrogen-bond donors (Lipinski definition) is 0. The molecule has 0 radical (unpaired) electrons. The Morgan fingerprint density at radius 3 is 2.67 bits per heavy atom. The van der Waals surface area contributed by atoms with E-state index >= 15 is 0 Å². The molecule has 0 aromatic rings. The summed E-state index contributed by atoms with van der Waals surface area (Å²) in [5, 5.41) is 9.42. The van der Waals surface area contributed by atoms with Gasteiger partial charge in [-0.3, -0.25) is 4.90 Å². The molecule has 4 heteroatoms. The van der Waals surface area contributed by atoms with Gasteiger partial charge in [0.2, 0.25) is 0 Å². The monoisotopic (exact) mass is 210 g/mol. The fourth-order valence-corrected chi connectivity index (χ4v) is 2.52. The molecule has 0 aromatic heterocycles. The third-order valence-electron chi connectivity index (χ3n) is 3.37. The highest BCUT2D eigenvalue weighted by Crippen LogP contribution is 2.30. The van der Waals surface area contributed by atoms with E-state index < -0.39 is 0 Å². The Morgan fingerprint density at radius 2 is 2.07 bits per heavy atom. The lowest BCUT2D eigenvalue weighted by Gasteiger charge is -2.44. The van der Waals surface area contributed by atoms with Gasteiger partial charge in [-0.2, -0.15) is 5.26 Å². The van der Waals surface area contributed by atoms with Gasteiger partial charge in [-0.05, 0) is 6.92 Å². The molecular weight excluding hydrogens is 192 g/mol. The molecule has 0 saturated carbocycles. The van der Waals surface area contributed by atoms with Crippen LogP contribution in [-0.2, 0) is 9.47 Å². The van der Waals surface area contributed by atoms with Crippen LogP contribution in [0, 0.1) is 11.3 Å². The molecular formula is C11H18N2O2. The van der Waals surface area contributed by atoms with Crippen LogP contribution in [-0.4, -0.2) is 49.5 Å². The van der Waals surface area contributed by atoms with Crippen molar-refractivity contribution in [3.05, 3.63) is 0 Å². The second kappa shape index (κ2) is 4.48. The zero-order chi connectivity index (χ0) is 10.7. The van der Waals surface area contributed by atoms with Crippen molar-refractivity contribution < 1.29 is 9.47 Å². The van der Waals surface area contributed by atoms with E-state index in [1.165, 1.54) is 0 Å². The van der Waals surface area contributed by atoms with E-state index in [1.807, 2.05) is 6.92 Å². The average Bonchev–Trinajstić information content (AvgIpc) is 2.30. The quantitative estimate of drug-likeness (QED) is 0.641. The van der Waals surface area contributed by atoms with Gasteiger partial charge >= 0.3 is 0 Å². The first-order valence-electron chi connectivity index (χ1n) is 5.62. The molecule has 0 amide bonds. The minimum absolute atomic E-state index is 0.196. The number of ether oxygens (including phenoxy) is 2. The first-order chi connectivity index (χ1) is 7.27. The van der Waals surface area contributed by atoms with Crippen LogP contribution < -0.4 is 0 Å². The third-order valence-corrected chi connectivity index (χ3v) is 3.37. The first kappa shape index (κ1) is 10.9. The summed E-state index contributed by atoms with van der Waals surface area (Å²) in [4.78, 5) is 2.27. The topological polar surface area (TPSA) is 45.5 Å².